The van der Waals surface area contributed by atoms with Crippen LogP contribution in [0, 0.1) is 0 Å². The van der Waals surface area contributed by atoms with E-state index in [4.69, 9.17) is 5.11 Å². The highest BCUT2D eigenvalue weighted by molar-refractivity contribution is 4.57. The molecule has 1 atom stereocenters. The van der Waals surface area contributed by atoms with Gasteiger partial charge in [-0.2, -0.15) is 0 Å². The third-order valence-corrected chi connectivity index (χ3v) is 2.51. The second-order valence-electron chi connectivity index (χ2n) is 3.79. The smallest absolute Gasteiger partial charge is 0.126 e. The summed E-state index contributed by atoms with van der Waals surface area (Å²) in [4.78, 5) is 0. The molecule has 0 aromatic carbocycles. The lowest BCUT2D eigenvalue weighted by Gasteiger charge is -2.30. The van der Waals surface area contributed by atoms with Gasteiger partial charge in [0.25, 0.3) is 0 Å². The van der Waals surface area contributed by atoms with Crippen LogP contribution in [0.3, 0.4) is 0 Å². The zero-order valence-electron chi connectivity index (χ0n) is 7.16. The van der Waals surface area contributed by atoms with Crippen molar-refractivity contribution >= 4 is 0 Å². The SMILES string of the molecule is C[N+]1(CC(O)CO)CCCC1. The van der Waals surface area contributed by atoms with Crippen LogP contribution in [0.2, 0.25) is 0 Å². The van der Waals surface area contributed by atoms with Crippen molar-refractivity contribution in [3.05, 3.63) is 0 Å². The van der Waals surface area contributed by atoms with E-state index < -0.39 is 6.10 Å². The maximum Gasteiger partial charge on any atom is 0.126 e. The van der Waals surface area contributed by atoms with E-state index in [9.17, 15) is 5.11 Å². The van der Waals surface area contributed by atoms with E-state index in [1.807, 2.05) is 0 Å². The van der Waals surface area contributed by atoms with Crippen LogP contribution in [0.25, 0.3) is 0 Å². The van der Waals surface area contributed by atoms with Crippen LogP contribution >= 0.6 is 0 Å². The van der Waals surface area contributed by atoms with Crippen LogP contribution in [0.5, 0.6) is 0 Å². The number of aliphatic hydroxyl groups is 2. The van der Waals surface area contributed by atoms with Crippen molar-refractivity contribution in [3.63, 3.8) is 0 Å². The molecule has 1 aliphatic rings. The van der Waals surface area contributed by atoms with Gasteiger partial charge < -0.3 is 14.7 Å². The molecule has 3 heteroatoms. The monoisotopic (exact) mass is 160 g/mol. The molecule has 2 N–H and O–H groups in total. The maximum atomic E-state index is 9.22. The quantitative estimate of drug-likeness (QED) is 0.550. The Bertz CT molecular complexity index is 121. The zero-order chi connectivity index (χ0) is 8.32. The molecule has 0 amide bonds. The number of nitrogens with zero attached hydrogens (tertiary/aromatic N) is 1. The van der Waals surface area contributed by atoms with Gasteiger partial charge in [-0.1, -0.05) is 0 Å². The fraction of sp³-hybridized carbons (Fsp3) is 1.00. The minimum atomic E-state index is -0.530. The number of likely N-dealkylation sites (N-methyl/N-ethyl adjacent to an activating group) is 1. The Balaban J connectivity index is 2.33. The van der Waals surface area contributed by atoms with E-state index in [-0.39, 0.29) is 6.61 Å². The van der Waals surface area contributed by atoms with Crippen molar-refractivity contribution in [3.8, 4) is 0 Å². The summed E-state index contributed by atoms with van der Waals surface area (Å²) in [6, 6.07) is 0. The van der Waals surface area contributed by atoms with E-state index in [1.165, 1.54) is 12.8 Å². The second kappa shape index (κ2) is 3.52. The molecule has 0 saturated carbocycles. The Hall–Kier alpha value is -0.120. The van der Waals surface area contributed by atoms with Crippen molar-refractivity contribution in [1.29, 1.82) is 0 Å². The molecule has 0 aliphatic carbocycles. The molecule has 66 valence electrons. The van der Waals surface area contributed by atoms with Crippen LogP contribution in [0.4, 0.5) is 0 Å². The Morgan fingerprint density at radius 1 is 1.36 bits per heavy atom. The molecule has 0 radical (unpaired) electrons. The lowest BCUT2D eigenvalue weighted by Crippen LogP contribution is -2.47. The molecule has 0 aromatic rings. The molecule has 0 bridgehead atoms. The third-order valence-electron chi connectivity index (χ3n) is 2.51. The largest absolute Gasteiger partial charge is 0.393 e. The minimum Gasteiger partial charge on any atom is -0.393 e. The second-order valence-corrected chi connectivity index (χ2v) is 3.79. The molecule has 1 fully saturated rings. The Morgan fingerprint density at radius 3 is 2.36 bits per heavy atom. The molecule has 3 nitrogen and oxygen atoms in total. The van der Waals surface area contributed by atoms with Gasteiger partial charge in [0.15, 0.2) is 0 Å². The fourth-order valence-electron chi connectivity index (χ4n) is 1.85. The molecule has 1 saturated heterocycles. The Labute approximate surface area is 67.8 Å². The molecule has 0 spiro atoms. The average Bonchev–Trinajstić information content (AvgIpc) is 2.36. The molecule has 1 heterocycles. The summed E-state index contributed by atoms with van der Waals surface area (Å²) in [6.07, 6.45) is 1.99. The lowest BCUT2D eigenvalue weighted by molar-refractivity contribution is -0.900. The third kappa shape index (κ3) is 2.43. The summed E-state index contributed by atoms with van der Waals surface area (Å²) < 4.78 is 0.932. The van der Waals surface area contributed by atoms with Gasteiger partial charge in [0.2, 0.25) is 0 Å². The van der Waals surface area contributed by atoms with Gasteiger partial charge >= 0.3 is 0 Å². The lowest BCUT2D eigenvalue weighted by atomic mass is 10.3. The molecule has 0 aromatic heterocycles. The zero-order valence-corrected chi connectivity index (χ0v) is 7.16. The number of hydrogen-bond acceptors (Lipinski definition) is 2. The summed E-state index contributed by atoms with van der Waals surface area (Å²) in [5.74, 6) is 0. The van der Waals surface area contributed by atoms with Crippen molar-refractivity contribution < 1.29 is 14.7 Å². The number of quaternary nitrogens is 1. The summed E-state index contributed by atoms with van der Waals surface area (Å²) in [5, 5.41) is 17.9. The van der Waals surface area contributed by atoms with Crippen LogP contribution in [-0.2, 0) is 0 Å². The summed E-state index contributed by atoms with van der Waals surface area (Å²) in [7, 11) is 2.14. The van der Waals surface area contributed by atoms with Crippen molar-refractivity contribution in [2.24, 2.45) is 0 Å². The van der Waals surface area contributed by atoms with Gasteiger partial charge in [-0.3, -0.25) is 0 Å². The van der Waals surface area contributed by atoms with Crippen LogP contribution < -0.4 is 0 Å². The molecule has 1 rings (SSSR count). The van der Waals surface area contributed by atoms with Crippen molar-refractivity contribution in [1.82, 2.24) is 0 Å². The summed E-state index contributed by atoms with van der Waals surface area (Å²) in [5.41, 5.74) is 0. The predicted octanol–water partition coefficient (Wildman–Crippen LogP) is -0.420. The highest BCUT2D eigenvalue weighted by atomic mass is 16.3. The van der Waals surface area contributed by atoms with E-state index in [0.717, 1.165) is 17.6 Å². The van der Waals surface area contributed by atoms with Crippen LogP contribution in [-0.4, -0.2) is 54.1 Å². The van der Waals surface area contributed by atoms with E-state index in [2.05, 4.69) is 7.05 Å². The summed E-state index contributed by atoms with van der Waals surface area (Å²) >= 11 is 0. The first-order valence-electron chi connectivity index (χ1n) is 4.29. The van der Waals surface area contributed by atoms with E-state index >= 15 is 0 Å². The average molecular weight is 160 g/mol. The topological polar surface area (TPSA) is 40.5 Å². The highest BCUT2D eigenvalue weighted by Gasteiger charge is 2.28. The molecule has 1 aliphatic heterocycles. The van der Waals surface area contributed by atoms with Gasteiger partial charge in [0.05, 0.1) is 26.7 Å². The minimum absolute atomic E-state index is 0.103. The summed E-state index contributed by atoms with van der Waals surface area (Å²) in [6.45, 7) is 2.90. The van der Waals surface area contributed by atoms with Gasteiger partial charge in [-0.25, -0.2) is 0 Å². The molecule has 11 heavy (non-hydrogen) atoms. The molecular weight excluding hydrogens is 142 g/mol. The van der Waals surface area contributed by atoms with Gasteiger partial charge in [0, 0.05) is 12.8 Å². The van der Waals surface area contributed by atoms with Crippen LogP contribution in [0.15, 0.2) is 0 Å². The molecular formula is C8H18NO2+. The van der Waals surface area contributed by atoms with Crippen molar-refractivity contribution in [2.75, 3.05) is 33.3 Å². The fourth-order valence-corrected chi connectivity index (χ4v) is 1.85. The number of rotatable bonds is 3. The first kappa shape index (κ1) is 8.97. The number of hydrogen-bond donors (Lipinski definition) is 2. The maximum absolute atomic E-state index is 9.22. The van der Waals surface area contributed by atoms with Crippen molar-refractivity contribution in [2.45, 2.75) is 18.9 Å². The van der Waals surface area contributed by atoms with Gasteiger partial charge in [-0.05, 0) is 0 Å². The van der Waals surface area contributed by atoms with E-state index in [0.29, 0.717) is 6.54 Å². The molecule has 1 unspecified atom stereocenters. The first-order valence-corrected chi connectivity index (χ1v) is 4.29. The van der Waals surface area contributed by atoms with Crippen LogP contribution in [0.1, 0.15) is 12.8 Å². The normalized spacial score (nSPS) is 25.4. The first-order chi connectivity index (χ1) is 5.16. The number of aliphatic hydroxyl groups excluding tert-OH is 2. The Kier molecular flexibility index (Phi) is 2.87. The van der Waals surface area contributed by atoms with Gasteiger partial charge in [0.1, 0.15) is 12.6 Å². The van der Waals surface area contributed by atoms with Gasteiger partial charge in [-0.15, -0.1) is 0 Å². The predicted molar refractivity (Wildman–Crippen MR) is 43.1 cm³/mol. The standard InChI is InChI=1S/C8H18NO2/c1-9(4-2-3-5-9)6-8(11)7-10/h8,10-11H,2-7H2,1H3/q+1. The number of likely N-dealkylation sites (tertiary alicyclic amines) is 1. The highest BCUT2D eigenvalue weighted by Crippen LogP contribution is 2.16. The Morgan fingerprint density at radius 2 is 1.91 bits per heavy atom. The van der Waals surface area contributed by atoms with E-state index in [1.54, 1.807) is 0 Å².